The molecular weight excluding hydrogens is 476 g/mol. The van der Waals surface area contributed by atoms with Crippen LogP contribution in [0.15, 0.2) is 47.3 Å². The van der Waals surface area contributed by atoms with E-state index >= 15 is 0 Å². The average molecular weight is 505 g/mol. The van der Waals surface area contributed by atoms with Crippen LogP contribution in [0.4, 0.5) is 11.4 Å². The molecule has 0 fully saturated rings. The summed E-state index contributed by atoms with van der Waals surface area (Å²) >= 11 is 0. The van der Waals surface area contributed by atoms with Crippen molar-refractivity contribution in [2.45, 2.75) is 25.8 Å². The Hall–Kier alpha value is -4.40. The van der Waals surface area contributed by atoms with Crippen molar-refractivity contribution >= 4 is 17.3 Å². The Kier molecular flexibility index (Phi) is 6.52. The molecule has 37 heavy (non-hydrogen) atoms. The van der Waals surface area contributed by atoms with Crippen LogP contribution in [0.2, 0.25) is 0 Å². The zero-order valence-corrected chi connectivity index (χ0v) is 21.1. The van der Waals surface area contributed by atoms with Crippen LogP contribution in [0.5, 0.6) is 28.7 Å². The van der Waals surface area contributed by atoms with Crippen LogP contribution in [0.3, 0.4) is 0 Å². The monoisotopic (exact) mass is 504 g/mol. The first kappa shape index (κ1) is 24.3. The highest BCUT2D eigenvalue weighted by Crippen LogP contribution is 2.50. The number of fused-ring (bicyclic) bond motifs is 4. The van der Waals surface area contributed by atoms with Crippen LogP contribution in [0.1, 0.15) is 30.5 Å². The topological polar surface area (TPSA) is 104 Å². The molecule has 5 rings (SSSR count). The van der Waals surface area contributed by atoms with Crippen molar-refractivity contribution in [2.24, 2.45) is 0 Å². The largest absolute Gasteiger partial charge is 0.493 e. The molecule has 9 heteroatoms. The molecule has 2 N–H and O–H groups in total. The summed E-state index contributed by atoms with van der Waals surface area (Å²) in [5, 5.41) is 6.21. The smallest absolute Gasteiger partial charge is 0.231 e. The van der Waals surface area contributed by atoms with Crippen molar-refractivity contribution in [1.82, 2.24) is 5.32 Å². The Morgan fingerprint density at radius 2 is 1.73 bits per heavy atom. The van der Waals surface area contributed by atoms with E-state index < -0.39 is 0 Å². The zero-order valence-electron chi connectivity index (χ0n) is 21.1. The highest BCUT2D eigenvalue weighted by Gasteiger charge is 2.29. The molecule has 1 aliphatic heterocycles. The number of carbonyl (C=O) groups excluding carboxylic acids is 1. The van der Waals surface area contributed by atoms with Crippen molar-refractivity contribution in [3.05, 3.63) is 63.8 Å². The fourth-order valence-electron chi connectivity index (χ4n) is 4.94. The number of amides is 1. The maximum absolute atomic E-state index is 13.5. The van der Waals surface area contributed by atoms with E-state index in [0.29, 0.717) is 58.5 Å². The van der Waals surface area contributed by atoms with Gasteiger partial charge in [-0.15, -0.1) is 0 Å². The normalized spacial score (nSPS) is 15.1. The van der Waals surface area contributed by atoms with Gasteiger partial charge in [-0.1, -0.05) is 6.07 Å². The SMILES string of the molecule is COc1cc2c(c(OC)c1OC)-c1ccc(Nc3ccc4c(c3)OCO4)c(=O)cc1C(NC(C)=O)CC2. The fourth-order valence-corrected chi connectivity index (χ4v) is 4.94. The number of hydrogen-bond donors (Lipinski definition) is 2. The molecule has 0 radical (unpaired) electrons. The third-order valence-electron chi connectivity index (χ3n) is 6.57. The van der Waals surface area contributed by atoms with Gasteiger partial charge >= 0.3 is 0 Å². The van der Waals surface area contributed by atoms with Crippen LogP contribution >= 0.6 is 0 Å². The van der Waals surface area contributed by atoms with Gasteiger partial charge in [0.25, 0.3) is 0 Å². The molecule has 0 spiro atoms. The number of nitrogens with one attached hydrogen (secondary N) is 2. The fraction of sp³-hybridized carbons (Fsp3) is 0.286. The standard InChI is InChI=1S/C28H28N2O7/c1-15(31)29-20-8-5-16-11-25(33-2)27(34-3)28(35-4)26(16)18-7-9-21(22(32)13-19(18)20)30-17-6-10-23-24(12-17)37-14-36-23/h6-7,9-13,20H,5,8,14H2,1-4H3,(H,29,31)(H,30,32). The molecule has 3 aromatic rings. The molecule has 2 aliphatic rings. The van der Waals surface area contributed by atoms with E-state index in [-0.39, 0.29) is 24.2 Å². The van der Waals surface area contributed by atoms with Gasteiger partial charge in [-0.05, 0) is 59.9 Å². The van der Waals surface area contributed by atoms with Crippen molar-refractivity contribution in [3.63, 3.8) is 0 Å². The van der Waals surface area contributed by atoms with Crippen LogP contribution in [-0.2, 0) is 11.2 Å². The second-order valence-electron chi connectivity index (χ2n) is 8.79. The van der Waals surface area contributed by atoms with Crippen LogP contribution < -0.4 is 39.7 Å². The molecule has 1 amide bonds. The van der Waals surface area contributed by atoms with E-state index in [1.165, 1.54) is 6.92 Å². The second-order valence-corrected chi connectivity index (χ2v) is 8.79. The average Bonchev–Trinajstić information content (AvgIpc) is 3.24. The number of methoxy groups -OCH3 is 3. The second kappa shape index (κ2) is 9.93. The van der Waals surface area contributed by atoms with Gasteiger partial charge in [-0.2, -0.15) is 0 Å². The molecule has 1 heterocycles. The zero-order chi connectivity index (χ0) is 26.1. The van der Waals surface area contributed by atoms with Gasteiger partial charge in [0.05, 0.1) is 33.1 Å². The van der Waals surface area contributed by atoms with Gasteiger partial charge in [0.15, 0.2) is 23.0 Å². The van der Waals surface area contributed by atoms with Gasteiger partial charge in [0.2, 0.25) is 23.9 Å². The number of benzene rings is 2. The molecule has 0 saturated heterocycles. The summed E-state index contributed by atoms with van der Waals surface area (Å²) in [5.74, 6) is 2.60. The minimum atomic E-state index is -0.375. The number of anilines is 2. The van der Waals surface area contributed by atoms with E-state index in [0.717, 1.165) is 16.7 Å². The first-order valence-corrected chi connectivity index (χ1v) is 11.9. The van der Waals surface area contributed by atoms with E-state index in [9.17, 15) is 9.59 Å². The summed E-state index contributed by atoms with van der Waals surface area (Å²) in [4.78, 5) is 25.6. The maximum Gasteiger partial charge on any atom is 0.231 e. The summed E-state index contributed by atoms with van der Waals surface area (Å²) in [6.07, 6.45) is 1.22. The molecular formula is C28H28N2O7. The third kappa shape index (κ3) is 4.48. The Morgan fingerprint density at radius 1 is 0.946 bits per heavy atom. The third-order valence-corrected chi connectivity index (χ3v) is 6.57. The molecule has 9 nitrogen and oxygen atoms in total. The number of rotatable bonds is 6. The number of carbonyl (C=O) groups is 1. The van der Waals surface area contributed by atoms with E-state index in [2.05, 4.69) is 10.6 Å². The first-order chi connectivity index (χ1) is 17.9. The molecule has 192 valence electrons. The van der Waals surface area contributed by atoms with E-state index in [1.54, 1.807) is 45.6 Å². The van der Waals surface area contributed by atoms with Crippen molar-refractivity contribution in [3.8, 4) is 39.9 Å². The van der Waals surface area contributed by atoms with E-state index in [4.69, 9.17) is 23.7 Å². The minimum absolute atomic E-state index is 0.165. The molecule has 1 atom stereocenters. The summed E-state index contributed by atoms with van der Waals surface area (Å²) in [6.45, 7) is 1.64. The molecule has 0 saturated carbocycles. The quantitative estimate of drug-likeness (QED) is 0.511. The van der Waals surface area contributed by atoms with Crippen molar-refractivity contribution < 1.29 is 28.5 Å². The minimum Gasteiger partial charge on any atom is -0.493 e. The summed E-state index contributed by atoms with van der Waals surface area (Å²) in [6, 6.07) is 12.1. The van der Waals surface area contributed by atoms with Crippen LogP contribution in [0.25, 0.3) is 11.1 Å². The van der Waals surface area contributed by atoms with Crippen molar-refractivity contribution in [1.29, 1.82) is 0 Å². The van der Waals surface area contributed by atoms with Gasteiger partial charge in [0, 0.05) is 24.2 Å². The lowest BCUT2D eigenvalue weighted by Crippen LogP contribution is -2.26. The number of aryl methyl sites for hydroxylation is 1. The lowest BCUT2D eigenvalue weighted by molar-refractivity contribution is -0.119. The number of hydrogen-bond acceptors (Lipinski definition) is 8. The highest BCUT2D eigenvalue weighted by atomic mass is 16.7. The summed E-state index contributed by atoms with van der Waals surface area (Å²) in [5.41, 5.74) is 4.06. The van der Waals surface area contributed by atoms with Crippen LogP contribution in [0, 0.1) is 0 Å². The van der Waals surface area contributed by atoms with Gasteiger partial charge in [-0.25, -0.2) is 0 Å². The summed E-state index contributed by atoms with van der Waals surface area (Å²) < 4.78 is 27.9. The van der Waals surface area contributed by atoms with E-state index in [1.807, 2.05) is 18.2 Å². The molecule has 3 aromatic carbocycles. The Balaban J connectivity index is 1.70. The Morgan fingerprint density at radius 3 is 2.46 bits per heavy atom. The van der Waals surface area contributed by atoms with Gasteiger partial charge in [0.1, 0.15) is 0 Å². The lowest BCUT2D eigenvalue weighted by atomic mass is 9.95. The number of ether oxygens (including phenoxy) is 5. The van der Waals surface area contributed by atoms with Crippen molar-refractivity contribution in [2.75, 3.05) is 33.4 Å². The predicted octanol–water partition coefficient (Wildman–Crippen LogP) is 4.34. The van der Waals surface area contributed by atoms with Crippen LogP contribution in [-0.4, -0.2) is 34.0 Å². The molecule has 0 aromatic heterocycles. The molecule has 0 bridgehead atoms. The lowest BCUT2D eigenvalue weighted by Gasteiger charge is -2.19. The Bertz CT molecular complexity index is 1440. The predicted molar refractivity (Wildman–Crippen MR) is 139 cm³/mol. The Labute approximate surface area is 214 Å². The highest BCUT2D eigenvalue weighted by molar-refractivity contribution is 5.84. The molecule has 1 unspecified atom stereocenters. The van der Waals surface area contributed by atoms with Gasteiger partial charge < -0.3 is 34.3 Å². The summed E-state index contributed by atoms with van der Waals surface area (Å²) in [7, 11) is 4.70. The first-order valence-electron chi connectivity index (χ1n) is 11.9. The maximum atomic E-state index is 13.5. The molecule has 1 aliphatic carbocycles. The van der Waals surface area contributed by atoms with Gasteiger partial charge in [-0.3, -0.25) is 9.59 Å².